The molecule has 1 aromatic rings. The van der Waals surface area contributed by atoms with Crippen molar-refractivity contribution in [1.29, 1.82) is 0 Å². The Morgan fingerprint density at radius 2 is 2.08 bits per heavy atom. The molecule has 1 aromatic heterocycles. The Bertz CT molecular complexity index is 584. The van der Waals surface area contributed by atoms with Crippen molar-refractivity contribution in [3.63, 3.8) is 0 Å². The molecule has 1 atom stereocenters. The normalized spacial score (nSPS) is 16.4. The molecule has 1 aliphatic rings. The molecule has 140 valence electrons. The van der Waals surface area contributed by atoms with E-state index in [0.717, 1.165) is 43.7 Å². The first-order chi connectivity index (χ1) is 12.0. The number of rotatable bonds is 7. The second-order valence-corrected chi connectivity index (χ2v) is 7.04. The van der Waals surface area contributed by atoms with Crippen LogP contribution in [-0.4, -0.2) is 52.8 Å². The number of aryl methyl sites for hydroxylation is 2. The Balaban J connectivity index is 1.63. The number of aromatic nitrogens is 2. The molecule has 1 unspecified atom stereocenters. The molecule has 1 aliphatic heterocycles. The Morgan fingerprint density at radius 3 is 2.80 bits per heavy atom. The number of likely N-dealkylation sites (tertiary alicyclic amines) is 1. The highest BCUT2D eigenvalue weighted by Gasteiger charge is 2.16. The highest BCUT2D eigenvalue weighted by molar-refractivity contribution is 5.76. The number of carbonyl (C=O) groups is 2. The van der Waals surface area contributed by atoms with Gasteiger partial charge in [-0.15, -0.1) is 0 Å². The molecule has 1 saturated heterocycles. The van der Waals surface area contributed by atoms with Gasteiger partial charge in [0.2, 0.25) is 5.91 Å². The van der Waals surface area contributed by atoms with Crippen LogP contribution < -0.4 is 10.6 Å². The van der Waals surface area contributed by atoms with Crippen molar-refractivity contribution in [2.45, 2.75) is 53.0 Å². The molecule has 0 bridgehead atoms. The van der Waals surface area contributed by atoms with E-state index >= 15 is 0 Å². The van der Waals surface area contributed by atoms with Crippen molar-refractivity contribution in [1.82, 2.24) is 25.3 Å². The second kappa shape index (κ2) is 9.44. The van der Waals surface area contributed by atoms with E-state index in [0.29, 0.717) is 26.1 Å². The third kappa shape index (κ3) is 6.40. The molecule has 7 heteroatoms. The third-order valence-corrected chi connectivity index (χ3v) is 4.54. The van der Waals surface area contributed by atoms with Gasteiger partial charge in [-0.1, -0.05) is 13.3 Å². The van der Waals surface area contributed by atoms with Crippen molar-refractivity contribution >= 4 is 11.9 Å². The fourth-order valence-corrected chi connectivity index (χ4v) is 3.13. The van der Waals surface area contributed by atoms with Gasteiger partial charge in [0.15, 0.2) is 0 Å². The summed E-state index contributed by atoms with van der Waals surface area (Å²) in [6.07, 6.45) is 3.79. The highest BCUT2D eigenvalue weighted by Crippen LogP contribution is 2.10. The van der Waals surface area contributed by atoms with E-state index in [-0.39, 0.29) is 17.9 Å². The summed E-state index contributed by atoms with van der Waals surface area (Å²) in [7, 11) is 0. The lowest BCUT2D eigenvalue weighted by Crippen LogP contribution is -2.43. The number of nitrogens with one attached hydrogen (secondary N) is 2. The lowest BCUT2D eigenvalue weighted by Gasteiger charge is -2.21. The van der Waals surface area contributed by atoms with Crippen LogP contribution in [0.4, 0.5) is 4.79 Å². The van der Waals surface area contributed by atoms with Gasteiger partial charge in [0.25, 0.3) is 0 Å². The van der Waals surface area contributed by atoms with E-state index in [1.54, 1.807) is 0 Å². The minimum absolute atomic E-state index is 0.178. The highest BCUT2D eigenvalue weighted by atomic mass is 16.2. The second-order valence-electron chi connectivity index (χ2n) is 7.04. The Hall–Kier alpha value is -2.05. The average Bonchev–Trinajstić information content (AvgIpc) is 2.74. The van der Waals surface area contributed by atoms with E-state index in [1.165, 1.54) is 0 Å². The summed E-state index contributed by atoms with van der Waals surface area (Å²) in [5.74, 6) is 0.495. The maximum Gasteiger partial charge on any atom is 0.314 e. The Morgan fingerprint density at radius 1 is 1.28 bits per heavy atom. The first kappa shape index (κ1) is 19.3. The fraction of sp³-hybridized carbons (Fsp3) is 0.722. The topological polar surface area (TPSA) is 79.3 Å². The minimum atomic E-state index is -0.178. The van der Waals surface area contributed by atoms with Crippen molar-refractivity contribution in [2.24, 2.45) is 5.92 Å². The molecule has 7 nitrogen and oxygen atoms in total. The zero-order valence-corrected chi connectivity index (χ0v) is 15.7. The van der Waals surface area contributed by atoms with Gasteiger partial charge in [-0.3, -0.25) is 9.48 Å². The largest absolute Gasteiger partial charge is 0.341 e. The Kier molecular flexibility index (Phi) is 7.28. The molecule has 2 heterocycles. The van der Waals surface area contributed by atoms with Gasteiger partial charge in [0, 0.05) is 44.8 Å². The summed E-state index contributed by atoms with van der Waals surface area (Å²) in [6, 6.07) is 1.87. The molecule has 0 aromatic carbocycles. The van der Waals surface area contributed by atoms with Crippen LogP contribution in [0.3, 0.4) is 0 Å². The van der Waals surface area contributed by atoms with Gasteiger partial charge in [0.05, 0.1) is 5.69 Å². The standard InChI is InChI=1S/C18H31N5O2/c1-14(13-23-16(3)11-15(2)21-23)12-20-18(25)19-8-10-22-9-6-4-5-7-17(22)24/h11,14H,4-10,12-13H2,1-3H3,(H2,19,20,25). The third-order valence-electron chi connectivity index (χ3n) is 4.54. The van der Waals surface area contributed by atoms with Gasteiger partial charge >= 0.3 is 6.03 Å². The molecular formula is C18H31N5O2. The molecule has 0 spiro atoms. The molecule has 2 N–H and O–H groups in total. The number of amides is 3. The Labute approximate surface area is 150 Å². The summed E-state index contributed by atoms with van der Waals surface area (Å²) in [6.45, 7) is 9.37. The van der Waals surface area contributed by atoms with E-state index < -0.39 is 0 Å². The summed E-state index contributed by atoms with van der Waals surface area (Å²) in [5, 5.41) is 10.2. The van der Waals surface area contributed by atoms with Crippen LogP contribution in [0.15, 0.2) is 6.07 Å². The summed E-state index contributed by atoms with van der Waals surface area (Å²) in [4.78, 5) is 25.7. The van der Waals surface area contributed by atoms with Gasteiger partial charge in [0.1, 0.15) is 0 Å². The zero-order valence-electron chi connectivity index (χ0n) is 15.7. The predicted octanol–water partition coefficient (Wildman–Crippen LogP) is 1.84. The number of hydrogen-bond acceptors (Lipinski definition) is 3. The van der Waals surface area contributed by atoms with Crippen LogP contribution in [0.5, 0.6) is 0 Å². The first-order valence-electron chi connectivity index (χ1n) is 9.26. The van der Waals surface area contributed by atoms with Crippen LogP contribution in [-0.2, 0) is 11.3 Å². The van der Waals surface area contributed by atoms with E-state index in [1.807, 2.05) is 23.4 Å². The summed E-state index contributed by atoms with van der Waals surface area (Å²) in [5.41, 5.74) is 2.15. The minimum Gasteiger partial charge on any atom is -0.341 e. The fourth-order valence-electron chi connectivity index (χ4n) is 3.13. The SMILES string of the molecule is Cc1cc(C)n(CC(C)CNC(=O)NCCN2CCCCCC2=O)n1. The molecule has 0 saturated carbocycles. The number of urea groups is 1. The molecule has 0 aliphatic carbocycles. The van der Waals surface area contributed by atoms with Crippen molar-refractivity contribution in [3.8, 4) is 0 Å². The van der Waals surface area contributed by atoms with Crippen LogP contribution in [0.2, 0.25) is 0 Å². The smallest absolute Gasteiger partial charge is 0.314 e. The monoisotopic (exact) mass is 349 g/mol. The van der Waals surface area contributed by atoms with Crippen molar-refractivity contribution in [3.05, 3.63) is 17.5 Å². The lowest BCUT2D eigenvalue weighted by atomic mass is 10.2. The lowest BCUT2D eigenvalue weighted by molar-refractivity contribution is -0.130. The number of hydrogen-bond donors (Lipinski definition) is 2. The molecule has 0 radical (unpaired) electrons. The predicted molar refractivity (Wildman–Crippen MR) is 97.3 cm³/mol. The maximum absolute atomic E-state index is 11.9. The van der Waals surface area contributed by atoms with Gasteiger partial charge < -0.3 is 15.5 Å². The molecule has 2 rings (SSSR count). The van der Waals surface area contributed by atoms with Crippen LogP contribution in [0.25, 0.3) is 0 Å². The molecule has 25 heavy (non-hydrogen) atoms. The quantitative estimate of drug-likeness (QED) is 0.788. The first-order valence-corrected chi connectivity index (χ1v) is 9.26. The van der Waals surface area contributed by atoms with Crippen LogP contribution in [0, 0.1) is 19.8 Å². The van der Waals surface area contributed by atoms with E-state index in [2.05, 4.69) is 28.7 Å². The average molecular weight is 349 g/mol. The number of carbonyl (C=O) groups excluding carboxylic acids is 2. The van der Waals surface area contributed by atoms with Crippen molar-refractivity contribution in [2.75, 3.05) is 26.2 Å². The van der Waals surface area contributed by atoms with Gasteiger partial charge in [-0.25, -0.2) is 4.79 Å². The van der Waals surface area contributed by atoms with Gasteiger partial charge in [-0.2, -0.15) is 5.10 Å². The number of nitrogens with zero attached hydrogens (tertiary/aromatic N) is 3. The molecule has 3 amide bonds. The maximum atomic E-state index is 11.9. The van der Waals surface area contributed by atoms with Crippen molar-refractivity contribution < 1.29 is 9.59 Å². The van der Waals surface area contributed by atoms with Gasteiger partial charge in [-0.05, 0) is 38.7 Å². The zero-order chi connectivity index (χ0) is 18.2. The summed E-state index contributed by atoms with van der Waals surface area (Å²) >= 11 is 0. The van der Waals surface area contributed by atoms with E-state index in [4.69, 9.17) is 0 Å². The van der Waals surface area contributed by atoms with Crippen LogP contribution in [0.1, 0.15) is 44.0 Å². The molecule has 1 fully saturated rings. The molecular weight excluding hydrogens is 318 g/mol. The van der Waals surface area contributed by atoms with E-state index in [9.17, 15) is 9.59 Å². The summed E-state index contributed by atoms with van der Waals surface area (Å²) < 4.78 is 1.98. The van der Waals surface area contributed by atoms with Crippen LogP contribution >= 0.6 is 0 Å².